The quantitative estimate of drug-likeness (QED) is 0.379. The molecule has 1 aliphatic heterocycles. The third-order valence-corrected chi connectivity index (χ3v) is 6.31. The van der Waals surface area contributed by atoms with E-state index in [0.29, 0.717) is 23.5 Å². The first kappa shape index (κ1) is 19.1. The molecule has 2 amide bonds. The van der Waals surface area contributed by atoms with E-state index in [2.05, 4.69) is 10.3 Å². The SMILES string of the molecule is COc1ccc2[nH]c3c(c2c1)C1C(=O)NC(=O)C1C(c1cc([N+](=O)[O-])ccc1OC)C3. The first-order chi connectivity index (χ1) is 14.9. The number of nitro groups is 1. The van der Waals surface area contributed by atoms with Crippen molar-refractivity contribution in [2.45, 2.75) is 18.3 Å². The summed E-state index contributed by atoms with van der Waals surface area (Å²) in [5.41, 5.74) is 2.89. The molecule has 5 rings (SSSR count). The van der Waals surface area contributed by atoms with Gasteiger partial charge in [0.2, 0.25) is 11.8 Å². The van der Waals surface area contributed by atoms with Crippen LogP contribution in [0.1, 0.15) is 28.7 Å². The van der Waals surface area contributed by atoms with Gasteiger partial charge < -0.3 is 14.5 Å². The van der Waals surface area contributed by atoms with Gasteiger partial charge >= 0.3 is 0 Å². The predicted molar refractivity (Wildman–Crippen MR) is 110 cm³/mol. The van der Waals surface area contributed by atoms with Crippen LogP contribution in [0.2, 0.25) is 0 Å². The molecule has 0 saturated carbocycles. The van der Waals surface area contributed by atoms with Crippen LogP contribution in [0.5, 0.6) is 11.5 Å². The number of H-pyrrole nitrogens is 1. The molecule has 31 heavy (non-hydrogen) atoms. The number of nitrogens with zero attached hydrogens (tertiary/aromatic N) is 1. The summed E-state index contributed by atoms with van der Waals surface area (Å²) in [6.45, 7) is 0. The third kappa shape index (κ3) is 2.77. The number of methoxy groups -OCH3 is 2. The molecule has 1 saturated heterocycles. The zero-order valence-electron chi connectivity index (χ0n) is 16.8. The van der Waals surface area contributed by atoms with E-state index < -0.39 is 22.7 Å². The number of rotatable bonds is 4. The lowest BCUT2D eigenvalue weighted by Crippen LogP contribution is -2.31. The van der Waals surface area contributed by atoms with Crippen molar-refractivity contribution < 1.29 is 24.0 Å². The number of nitro benzene ring substituents is 1. The molecule has 2 heterocycles. The third-order valence-electron chi connectivity index (χ3n) is 6.31. The molecule has 0 spiro atoms. The number of nitrogens with one attached hydrogen (secondary N) is 2. The number of fused-ring (bicyclic) bond motifs is 5. The van der Waals surface area contributed by atoms with Gasteiger partial charge in [0.25, 0.3) is 5.69 Å². The molecular weight excluding hydrogens is 402 g/mol. The van der Waals surface area contributed by atoms with Crippen molar-refractivity contribution in [3.8, 4) is 11.5 Å². The smallest absolute Gasteiger partial charge is 0.269 e. The number of hydrogen-bond acceptors (Lipinski definition) is 6. The van der Waals surface area contributed by atoms with Crippen molar-refractivity contribution in [1.29, 1.82) is 0 Å². The molecule has 1 aliphatic carbocycles. The zero-order valence-corrected chi connectivity index (χ0v) is 16.8. The van der Waals surface area contributed by atoms with Crippen LogP contribution < -0.4 is 14.8 Å². The molecular formula is C22H19N3O6. The molecule has 9 nitrogen and oxygen atoms in total. The highest BCUT2D eigenvalue weighted by Gasteiger charge is 2.52. The summed E-state index contributed by atoms with van der Waals surface area (Å²) < 4.78 is 10.8. The van der Waals surface area contributed by atoms with Gasteiger partial charge in [-0.15, -0.1) is 0 Å². The lowest BCUT2D eigenvalue weighted by Gasteiger charge is -2.32. The van der Waals surface area contributed by atoms with Crippen LogP contribution >= 0.6 is 0 Å². The van der Waals surface area contributed by atoms with E-state index in [4.69, 9.17) is 9.47 Å². The number of aromatic amines is 1. The Morgan fingerprint density at radius 2 is 1.87 bits per heavy atom. The number of aromatic nitrogens is 1. The Balaban J connectivity index is 1.73. The molecule has 158 valence electrons. The largest absolute Gasteiger partial charge is 0.497 e. The summed E-state index contributed by atoms with van der Waals surface area (Å²) in [6, 6.07) is 9.88. The number of ether oxygens (including phenoxy) is 2. The summed E-state index contributed by atoms with van der Waals surface area (Å²) >= 11 is 0. The number of carbonyl (C=O) groups is 2. The van der Waals surface area contributed by atoms with E-state index in [1.54, 1.807) is 7.11 Å². The fourth-order valence-corrected chi connectivity index (χ4v) is 4.99. The molecule has 3 aromatic rings. The number of imide groups is 1. The van der Waals surface area contributed by atoms with Gasteiger partial charge in [0.15, 0.2) is 0 Å². The van der Waals surface area contributed by atoms with Crippen LogP contribution in [0.25, 0.3) is 10.9 Å². The number of amides is 2. The van der Waals surface area contributed by atoms with E-state index in [1.165, 1.54) is 25.3 Å². The number of carbonyl (C=O) groups excluding carboxylic acids is 2. The Morgan fingerprint density at radius 3 is 2.58 bits per heavy atom. The average Bonchev–Trinajstić information content (AvgIpc) is 3.28. The van der Waals surface area contributed by atoms with E-state index in [0.717, 1.165) is 22.2 Å². The van der Waals surface area contributed by atoms with Crippen molar-refractivity contribution >= 4 is 28.4 Å². The van der Waals surface area contributed by atoms with Crippen LogP contribution in [-0.2, 0) is 16.0 Å². The molecule has 1 aromatic heterocycles. The number of benzene rings is 2. The van der Waals surface area contributed by atoms with Gasteiger partial charge in [-0.2, -0.15) is 0 Å². The van der Waals surface area contributed by atoms with Crippen molar-refractivity contribution in [2.75, 3.05) is 14.2 Å². The highest BCUT2D eigenvalue weighted by molar-refractivity contribution is 6.10. The van der Waals surface area contributed by atoms with Gasteiger partial charge in [0.05, 0.1) is 31.0 Å². The molecule has 2 N–H and O–H groups in total. The van der Waals surface area contributed by atoms with Crippen molar-refractivity contribution in [1.82, 2.24) is 10.3 Å². The standard InChI is InChI=1S/C22H19N3O6/c1-30-11-4-5-15-14(8-11)18-16(23-15)9-13(19-20(18)22(27)24-21(19)26)12-7-10(25(28)29)3-6-17(12)31-2/h3-8,13,19-20,23H,9H2,1-2H3,(H,24,26,27). The first-order valence-corrected chi connectivity index (χ1v) is 9.78. The fraction of sp³-hybridized carbons (Fsp3) is 0.273. The lowest BCUT2D eigenvalue weighted by atomic mass is 9.69. The van der Waals surface area contributed by atoms with E-state index >= 15 is 0 Å². The second-order valence-electron chi connectivity index (χ2n) is 7.78. The Morgan fingerprint density at radius 1 is 1.06 bits per heavy atom. The second kappa shape index (κ2) is 6.83. The second-order valence-corrected chi connectivity index (χ2v) is 7.78. The maximum absolute atomic E-state index is 12.9. The predicted octanol–water partition coefficient (Wildman–Crippen LogP) is 2.79. The zero-order chi connectivity index (χ0) is 21.9. The Bertz CT molecular complexity index is 1260. The highest BCUT2D eigenvalue weighted by Crippen LogP contribution is 2.51. The van der Waals surface area contributed by atoms with Crippen LogP contribution in [0.15, 0.2) is 36.4 Å². The Hall–Kier alpha value is -3.88. The van der Waals surface area contributed by atoms with E-state index in [-0.39, 0.29) is 17.5 Å². The summed E-state index contributed by atoms with van der Waals surface area (Å²) in [6.07, 6.45) is 0.408. The molecule has 2 aromatic carbocycles. The Labute approximate surface area is 176 Å². The van der Waals surface area contributed by atoms with Crippen LogP contribution in [0.3, 0.4) is 0 Å². The fourth-order valence-electron chi connectivity index (χ4n) is 4.99. The topological polar surface area (TPSA) is 124 Å². The minimum Gasteiger partial charge on any atom is -0.497 e. The van der Waals surface area contributed by atoms with Crippen molar-refractivity contribution in [3.05, 3.63) is 63.3 Å². The van der Waals surface area contributed by atoms with Crippen LogP contribution in [0.4, 0.5) is 5.69 Å². The van der Waals surface area contributed by atoms with Gasteiger partial charge in [-0.05, 0) is 36.2 Å². The van der Waals surface area contributed by atoms with E-state index in [1.807, 2.05) is 18.2 Å². The monoisotopic (exact) mass is 421 g/mol. The molecule has 3 atom stereocenters. The summed E-state index contributed by atoms with van der Waals surface area (Å²) in [4.78, 5) is 40.0. The minimum absolute atomic E-state index is 0.0933. The lowest BCUT2D eigenvalue weighted by molar-refractivity contribution is -0.385. The maximum atomic E-state index is 12.9. The summed E-state index contributed by atoms with van der Waals surface area (Å²) in [5, 5.41) is 14.7. The summed E-state index contributed by atoms with van der Waals surface area (Å²) in [5.74, 6) is -1.51. The summed E-state index contributed by atoms with van der Waals surface area (Å²) in [7, 11) is 3.05. The van der Waals surface area contributed by atoms with Gasteiger partial charge in [0.1, 0.15) is 11.5 Å². The van der Waals surface area contributed by atoms with E-state index in [9.17, 15) is 19.7 Å². The molecule has 0 bridgehead atoms. The maximum Gasteiger partial charge on any atom is 0.269 e. The van der Waals surface area contributed by atoms with Gasteiger partial charge in [-0.25, -0.2) is 0 Å². The van der Waals surface area contributed by atoms with Crippen LogP contribution in [0, 0.1) is 16.0 Å². The van der Waals surface area contributed by atoms with Crippen molar-refractivity contribution in [2.24, 2.45) is 5.92 Å². The molecule has 2 aliphatic rings. The average molecular weight is 421 g/mol. The molecule has 9 heteroatoms. The van der Waals surface area contributed by atoms with Crippen molar-refractivity contribution in [3.63, 3.8) is 0 Å². The first-order valence-electron chi connectivity index (χ1n) is 9.78. The number of hydrogen-bond donors (Lipinski definition) is 2. The van der Waals surface area contributed by atoms with Gasteiger partial charge in [-0.1, -0.05) is 0 Å². The normalized spacial score (nSPS) is 22.1. The van der Waals surface area contributed by atoms with Crippen LogP contribution in [-0.4, -0.2) is 35.9 Å². The highest BCUT2D eigenvalue weighted by atomic mass is 16.6. The van der Waals surface area contributed by atoms with Gasteiger partial charge in [0, 0.05) is 40.2 Å². The number of non-ortho nitro benzene ring substituents is 1. The molecule has 3 unspecified atom stereocenters. The van der Waals surface area contributed by atoms with Gasteiger partial charge in [-0.3, -0.25) is 25.0 Å². The molecule has 0 radical (unpaired) electrons. The Kier molecular flexibility index (Phi) is 4.21. The minimum atomic E-state index is -0.703. The molecule has 1 fully saturated rings.